The predicted octanol–water partition coefficient (Wildman–Crippen LogP) is 0.307. The second-order valence-electron chi connectivity index (χ2n) is 5.29. The lowest BCUT2D eigenvalue weighted by Gasteiger charge is -2.36. The van der Waals surface area contributed by atoms with Crippen LogP contribution in [0.4, 0.5) is 0 Å². The average Bonchev–Trinajstić information content (AvgIpc) is 2.69. The third-order valence-corrected chi connectivity index (χ3v) is 5.95. The first-order chi connectivity index (χ1) is 8.02. The van der Waals surface area contributed by atoms with Gasteiger partial charge in [-0.3, -0.25) is 4.90 Å². The maximum atomic E-state index is 11.5. The van der Waals surface area contributed by atoms with Crippen LogP contribution < -0.4 is 5.90 Å². The van der Waals surface area contributed by atoms with Gasteiger partial charge in [0.1, 0.15) is 0 Å². The molecule has 0 amide bonds. The number of hydrogen-bond donors (Lipinski definition) is 1. The molecule has 1 atom stereocenters. The van der Waals surface area contributed by atoms with Crippen LogP contribution in [0.1, 0.15) is 32.1 Å². The van der Waals surface area contributed by atoms with Gasteiger partial charge in [0.2, 0.25) is 0 Å². The molecule has 1 aliphatic heterocycles. The highest BCUT2D eigenvalue weighted by Crippen LogP contribution is 2.27. The van der Waals surface area contributed by atoms with E-state index in [4.69, 9.17) is 10.7 Å². The van der Waals surface area contributed by atoms with Crippen molar-refractivity contribution in [2.24, 2.45) is 5.90 Å². The Bertz CT molecular complexity index is 350. The molecule has 0 aromatic carbocycles. The van der Waals surface area contributed by atoms with Crippen molar-refractivity contribution in [1.82, 2.24) is 4.90 Å². The summed E-state index contributed by atoms with van der Waals surface area (Å²) in [6.45, 7) is 0. The molecule has 1 saturated heterocycles. The van der Waals surface area contributed by atoms with Gasteiger partial charge in [0.25, 0.3) is 0 Å². The van der Waals surface area contributed by atoms with Gasteiger partial charge in [0.05, 0.1) is 17.6 Å². The van der Waals surface area contributed by atoms with Crippen molar-refractivity contribution >= 4 is 9.84 Å². The maximum Gasteiger partial charge on any atom is 0.151 e. The van der Waals surface area contributed by atoms with Crippen LogP contribution >= 0.6 is 0 Å². The Morgan fingerprint density at radius 2 is 1.76 bits per heavy atom. The molecule has 0 bridgehead atoms. The number of hydrogen-bond acceptors (Lipinski definition) is 5. The minimum atomic E-state index is -2.78. The third kappa shape index (κ3) is 3.19. The van der Waals surface area contributed by atoms with E-state index < -0.39 is 9.84 Å². The summed E-state index contributed by atoms with van der Waals surface area (Å²) in [5.41, 5.74) is 0. The predicted molar refractivity (Wildman–Crippen MR) is 66.1 cm³/mol. The first-order valence-corrected chi connectivity index (χ1v) is 8.12. The maximum absolute atomic E-state index is 11.5. The smallest absolute Gasteiger partial charge is 0.151 e. The largest absolute Gasteiger partial charge is 0.301 e. The number of sulfone groups is 1. The van der Waals surface area contributed by atoms with E-state index in [-0.39, 0.29) is 12.1 Å². The fourth-order valence-corrected chi connectivity index (χ4v) is 4.77. The molecule has 1 unspecified atom stereocenters. The van der Waals surface area contributed by atoms with Crippen molar-refractivity contribution in [2.45, 2.75) is 50.3 Å². The molecule has 1 heterocycles. The zero-order chi connectivity index (χ0) is 12.5. The number of nitrogens with two attached hydrogens (primary N) is 1. The van der Waals surface area contributed by atoms with Gasteiger partial charge in [-0.05, 0) is 39.2 Å². The lowest BCUT2D eigenvalue weighted by atomic mass is 9.91. The SMILES string of the molecule is CN(C1CCC(ON)CC1)C1CCS(=O)(=O)C1. The summed E-state index contributed by atoms with van der Waals surface area (Å²) in [6, 6.07) is 0.694. The molecule has 5 nitrogen and oxygen atoms in total. The van der Waals surface area contributed by atoms with Crippen molar-refractivity contribution in [3.8, 4) is 0 Å². The molecule has 2 rings (SSSR count). The van der Waals surface area contributed by atoms with E-state index in [1.54, 1.807) is 0 Å². The Hall–Kier alpha value is -0.170. The van der Waals surface area contributed by atoms with Gasteiger partial charge in [-0.15, -0.1) is 0 Å². The highest BCUT2D eigenvalue weighted by Gasteiger charge is 2.34. The highest BCUT2D eigenvalue weighted by atomic mass is 32.2. The van der Waals surface area contributed by atoms with Crippen molar-refractivity contribution < 1.29 is 13.3 Å². The zero-order valence-electron chi connectivity index (χ0n) is 10.3. The Balaban J connectivity index is 1.87. The molecule has 1 saturated carbocycles. The van der Waals surface area contributed by atoms with E-state index in [0.29, 0.717) is 17.5 Å². The summed E-state index contributed by atoms with van der Waals surface area (Å²) in [7, 11) is -0.726. The van der Waals surface area contributed by atoms with E-state index in [0.717, 1.165) is 32.1 Å². The molecule has 2 fully saturated rings. The van der Waals surface area contributed by atoms with Crippen LogP contribution in [-0.4, -0.2) is 50.1 Å². The summed E-state index contributed by atoms with van der Waals surface area (Å²) >= 11 is 0. The fraction of sp³-hybridized carbons (Fsp3) is 1.00. The molecule has 2 N–H and O–H groups in total. The van der Waals surface area contributed by atoms with Crippen LogP contribution in [0.15, 0.2) is 0 Å². The number of nitrogens with zero attached hydrogens (tertiary/aromatic N) is 1. The van der Waals surface area contributed by atoms with E-state index in [2.05, 4.69) is 11.9 Å². The van der Waals surface area contributed by atoms with Gasteiger partial charge in [-0.25, -0.2) is 14.3 Å². The lowest BCUT2D eigenvalue weighted by molar-refractivity contribution is 0.00541. The molecule has 0 spiro atoms. The third-order valence-electron chi connectivity index (χ3n) is 4.20. The van der Waals surface area contributed by atoms with Crippen molar-refractivity contribution in [3.63, 3.8) is 0 Å². The second kappa shape index (κ2) is 5.22. The molecule has 17 heavy (non-hydrogen) atoms. The molecule has 0 radical (unpaired) electrons. The average molecular weight is 262 g/mol. The monoisotopic (exact) mass is 262 g/mol. The molecule has 0 aromatic heterocycles. The minimum absolute atomic E-state index is 0.187. The van der Waals surface area contributed by atoms with Gasteiger partial charge in [0.15, 0.2) is 9.84 Å². The lowest BCUT2D eigenvalue weighted by Crippen LogP contribution is -2.43. The first-order valence-electron chi connectivity index (χ1n) is 6.30. The second-order valence-corrected chi connectivity index (χ2v) is 7.52. The van der Waals surface area contributed by atoms with Crippen LogP contribution in [0.3, 0.4) is 0 Å². The van der Waals surface area contributed by atoms with Crippen molar-refractivity contribution in [2.75, 3.05) is 18.6 Å². The zero-order valence-corrected chi connectivity index (χ0v) is 11.2. The first kappa shape index (κ1) is 13.3. The van der Waals surface area contributed by atoms with Gasteiger partial charge < -0.3 is 4.84 Å². The Kier molecular flexibility index (Phi) is 4.07. The molecular weight excluding hydrogens is 240 g/mol. The van der Waals surface area contributed by atoms with Crippen molar-refractivity contribution in [1.29, 1.82) is 0 Å². The quantitative estimate of drug-likeness (QED) is 0.741. The molecule has 2 aliphatic rings. The van der Waals surface area contributed by atoms with Crippen LogP contribution in [0.5, 0.6) is 0 Å². The van der Waals surface area contributed by atoms with Crippen LogP contribution in [0.25, 0.3) is 0 Å². The normalized spacial score (nSPS) is 37.5. The van der Waals surface area contributed by atoms with Crippen LogP contribution in [0.2, 0.25) is 0 Å². The summed E-state index contributed by atoms with van der Waals surface area (Å²) in [5, 5.41) is 0. The standard InChI is InChI=1S/C11H22N2O3S/c1-13(10-6-7-17(14,15)8-10)9-2-4-11(16-12)5-3-9/h9-11H,2-8,12H2,1H3. The minimum Gasteiger partial charge on any atom is -0.301 e. The Morgan fingerprint density at radius 3 is 2.24 bits per heavy atom. The van der Waals surface area contributed by atoms with E-state index in [1.807, 2.05) is 0 Å². The van der Waals surface area contributed by atoms with Gasteiger partial charge >= 0.3 is 0 Å². The van der Waals surface area contributed by atoms with E-state index in [1.165, 1.54) is 0 Å². The Morgan fingerprint density at radius 1 is 1.12 bits per heavy atom. The molecule has 1 aliphatic carbocycles. The van der Waals surface area contributed by atoms with E-state index in [9.17, 15) is 8.42 Å². The molecule has 0 aromatic rings. The van der Waals surface area contributed by atoms with Gasteiger partial charge in [0, 0.05) is 12.1 Å². The van der Waals surface area contributed by atoms with Crippen LogP contribution in [-0.2, 0) is 14.7 Å². The molecule has 6 heteroatoms. The van der Waals surface area contributed by atoms with E-state index >= 15 is 0 Å². The molecule has 100 valence electrons. The highest BCUT2D eigenvalue weighted by molar-refractivity contribution is 7.91. The summed E-state index contributed by atoms with van der Waals surface area (Å²) in [6.07, 6.45) is 5.03. The summed E-state index contributed by atoms with van der Waals surface area (Å²) in [5.74, 6) is 5.87. The van der Waals surface area contributed by atoms with Crippen LogP contribution in [0, 0.1) is 0 Å². The van der Waals surface area contributed by atoms with Gasteiger partial charge in [-0.1, -0.05) is 0 Å². The summed E-state index contributed by atoms with van der Waals surface area (Å²) < 4.78 is 22.9. The van der Waals surface area contributed by atoms with Gasteiger partial charge in [-0.2, -0.15) is 0 Å². The Labute approximate surface area is 103 Å². The molecular formula is C11H22N2O3S. The van der Waals surface area contributed by atoms with Crippen molar-refractivity contribution in [3.05, 3.63) is 0 Å². The topological polar surface area (TPSA) is 72.6 Å². The number of rotatable bonds is 3. The summed E-state index contributed by atoms with van der Waals surface area (Å²) in [4.78, 5) is 7.12. The fourth-order valence-electron chi connectivity index (χ4n) is 2.98.